The smallest absolute Gasteiger partial charge is 0.232 e. The summed E-state index contributed by atoms with van der Waals surface area (Å²) >= 11 is 0. The number of nitrogens with one attached hydrogen (secondary N) is 1. The van der Waals surface area contributed by atoms with Gasteiger partial charge in [0.1, 0.15) is 0 Å². The predicted molar refractivity (Wildman–Crippen MR) is 94.7 cm³/mol. The quantitative estimate of drug-likeness (QED) is 0.895. The van der Waals surface area contributed by atoms with Crippen LogP contribution in [0.3, 0.4) is 0 Å². The molecule has 0 saturated heterocycles. The topological polar surface area (TPSA) is 55.1 Å². The van der Waals surface area contributed by atoms with E-state index in [4.69, 9.17) is 5.73 Å². The molecule has 0 aliphatic carbocycles. The Morgan fingerprint density at radius 1 is 1.17 bits per heavy atom. The Hall–Kier alpha value is -2.13. The van der Waals surface area contributed by atoms with E-state index in [0.29, 0.717) is 0 Å². The second-order valence-corrected chi connectivity index (χ2v) is 6.34. The van der Waals surface area contributed by atoms with Crippen LogP contribution in [-0.4, -0.2) is 5.91 Å². The number of rotatable bonds is 4. The third kappa shape index (κ3) is 2.77. The second-order valence-electron chi connectivity index (χ2n) is 6.34. The lowest BCUT2D eigenvalue weighted by molar-refractivity contribution is -0.117. The van der Waals surface area contributed by atoms with Crippen molar-refractivity contribution in [2.24, 2.45) is 5.73 Å². The van der Waals surface area contributed by atoms with Gasteiger partial charge in [-0.2, -0.15) is 0 Å². The molecule has 1 aliphatic rings. The van der Waals surface area contributed by atoms with Crippen LogP contribution in [0.25, 0.3) is 0 Å². The molecule has 2 atom stereocenters. The van der Waals surface area contributed by atoms with Gasteiger partial charge in [-0.1, -0.05) is 55.8 Å². The molecular weight excluding hydrogens is 284 g/mol. The Morgan fingerprint density at radius 3 is 2.48 bits per heavy atom. The average molecular weight is 308 g/mol. The van der Waals surface area contributed by atoms with Crippen LogP contribution < -0.4 is 11.1 Å². The molecule has 3 N–H and O–H groups in total. The van der Waals surface area contributed by atoms with Gasteiger partial charge in [0.15, 0.2) is 0 Å². The Bertz CT molecular complexity index is 734. The van der Waals surface area contributed by atoms with Gasteiger partial charge in [0, 0.05) is 5.69 Å². The average Bonchev–Trinajstić information content (AvgIpc) is 2.88. The molecule has 2 unspecified atom stereocenters. The first kappa shape index (κ1) is 15.8. The number of benzene rings is 2. The van der Waals surface area contributed by atoms with E-state index in [2.05, 4.69) is 62.5 Å². The summed E-state index contributed by atoms with van der Waals surface area (Å²) in [6.45, 7) is 6.25. The van der Waals surface area contributed by atoms with Crippen molar-refractivity contribution in [1.82, 2.24) is 0 Å². The third-order valence-corrected chi connectivity index (χ3v) is 4.79. The summed E-state index contributed by atoms with van der Waals surface area (Å²) in [4.78, 5) is 12.3. The molecule has 0 fully saturated rings. The summed E-state index contributed by atoms with van der Waals surface area (Å²) in [5.74, 6) is 0.0357. The zero-order valence-electron chi connectivity index (χ0n) is 14.0. The van der Waals surface area contributed by atoms with Crippen molar-refractivity contribution >= 4 is 11.6 Å². The first-order valence-corrected chi connectivity index (χ1v) is 8.34. The number of aryl methyl sites for hydroxylation is 2. The lowest BCUT2D eigenvalue weighted by atomic mass is 9.89. The number of nitrogens with two attached hydrogens (primary N) is 1. The first-order valence-electron chi connectivity index (χ1n) is 8.34. The minimum absolute atomic E-state index is 0.0551. The molecule has 1 aliphatic heterocycles. The standard InChI is InChI=1S/C20H24N2O/c1-4-13-10-16-15(5-2)20(23)22-19(16)17(11-13)18(21)14-8-6-12(3)7-9-14/h6-11,15,18H,4-5,21H2,1-3H3,(H,22,23). The van der Waals surface area contributed by atoms with Crippen LogP contribution in [0.15, 0.2) is 36.4 Å². The SMILES string of the molecule is CCc1cc2c(c(C(N)c3ccc(C)cc3)c1)NC(=O)C2CC. The van der Waals surface area contributed by atoms with Gasteiger partial charge < -0.3 is 11.1 Å². The second kappa shape index (κ2) is 6.17. The highest BCUT2D eigenvalue weighted by Crippen LogP contribution is 2.41. The van der Waals surface area contributed by atoms with Crippen LogP contribution >= 0.6 is 0 Å². The fraction of sp³-hybridized carbons (Fsp3) is 0.350. The number of fused-ring (bicyclic) bond motifs is 1. The summed E-state index contributed by atoms with van der Waals surface area (Å²) in [7, 11) is 0. The van der Waals surface area contributed by atoms with E-state index < -0.39 is 0 Å². The number of amides is 1. The fourth-order valence-corrected chi connectivity index (χ4v) is 3.33. The van der Waals surface area contributed by atoms with Crippen molar-refractivity contribution in [3.05, 3.63) is 64.2 Å². The van der Waals surface area contributed by atoms with Gasteiger partial charge in [0.2, 0.25) is 5.91 Å². The van der Waals surface area contributed by atoms with E-state index in [-0.39, 0.29) is 17.9 Å². The maximum Gasteiger partial charge on any atom is 0.232 e. The molecule has 2 aromatic carbocycles. The summed E-state index contributed by atoms with van der Waals surface area (Å²) in [6.07, 6.45) is 1.75. The molecule has 2 aromatic rings. The maximum absolute atomic E-state index is 12.3. The molecule has 3 heteroatoms. The first-order chi connectivity index (χ1) is 11.0. The van der Waals surface area contributed by atoms with Crippen LogP contribution in [0.2, 0.25) is 0 Å². The van der Waals surface area contributed by atoms with Gasteiger partial charge in [0.25, 0.3) is 0 Å². The molecule has 3 rings (SSSR count). The number of hydrogen-bond acceptors (Lipinski definition) is 2. The molecular formula is C20H24N2O. The number of hydrogen-bond donors (Lipinski definition) is 2. The predicted octanol–water partition coefficient (Wildman–Crippen LogP) is 4.05. The number of anilines is 1. The maximum atomic E-state index is 12.3. The van der Waals surface area contributed by atoms with Gasteiger partial charge in [-0.05, 0) is 42.0 Å². The van der Waals surface area contributed by atoms with Gasteiger partial charge in [-0.15, -0.1) is 0 Å². The van der Waals surface area contributed by atoms with Gasteiger partial charge in [0.05, 0.1) is 12.0 Å². The van der Waals surface area contributed by atoms with Crippen LogP contribution in [0, 0.1) is 6.92 Å². The Labute approximate surface area is 137 Å². The molecule has 0 aromatic heterocycles. The lowest BCUT2D eigenvalue weighted by Crippen LogP contribution is -2.15. The zero-order valence-corrected chi connectivity index (χ0v) is 14.0. The molecule has 3 nitrogen and oxygen atoms in total. The number of carbonyl (C=O) groups is 1. The Kier molecular flexibility index (Phi) is 4.22. The largest absolute Gasteiger partial charge is 0.325 e. The van der Waals surface area contributed by atoms with Crippen molar-refractivity contribution in [3.8, 4) is 0 Å². The van der Waals surface area contributed by atoms with E-state index in [0.717, 1.165) is 35.2 Å². The van der Waals surface area contributed by atoms with Crippen LogP contribution in [0.5, 0.6) is 0 Å². The van der Waals surface area contributed by atoms with Gasteiger partial charge >= 0.3 is 0 Å². The highest BCUT2D eigenvalue weighted by Gasteiger charge is 2.32. The monoisotopic (exact) mass is 308 g/mol. The van der Waals surface area contributed by atoms with Crippen molar-refractivity contribution in [2.45, 2.75) is 45.6 Å². The Balaban J connectivity index is 2.10. The highest BCUT2D eigenvalue weighted by molar-refractivity contribution is 6.04. The molecule has 0 bridgehead atoms. The van der Waals surface area contributed by atoms with Crippen LogP contribution in [0.4, 0.5) is 5.69 Å². The third-order valence-electron chi connectivity index (χ3n) is 4.79. The minimum Gasteiger partial charge on any atom is -0.325 e. The molecule has 23 heavy (non-hydrogen) atoms. The summed E-state index contributed by atoms with van der Waals surface area (Å²) < 4.78 is 0. The molecule has 120 valence electrons. The summed E-state index contributed by atoms with van der Waals surface area (Å²) in [5.41, 5.74) is 13.1. The Morgan fingerprint density at radius 2 is 1.87 bits per heavy atom. The molecule has 1 amide bonds. The van der Waals surface area contributed by atoms with Crippen LogP contribution in [0.1, 0.15) is 60.0 Å². The summed E-state index contributed by atoms with van der Waals surface area (Å²) in [5, 5.41) is 3.06. The van der Waals surface area contributed by atoms with Crippen LogP contribution in [-0.2, 0) is 11.2 Å². The molecule has 1 heterocycles. The van der Waals surface area contributed by atoms with Crippen molar-refractivity contribution in [1.29, 1.82) is 0 Å². The highest BCUT2D eigenvalue weighted by atomic mass is 16.2. The van der Waals surface area contributed by atoms with Crippen molar-refractivity contribution < 1.29 is 4.79 Å². The van der Waals surface area contributed by atoms with E-state index >= 15 is 0 Å². The molecule has 0 radical (unpaired) electrons. The fourth-order valence-electron chi connectivity index (χ4n) is 3.33. The van der Waals surface area contributed by atoms with Crippen molar-refractivity contribution in [2.75, 3.05) is 5.32 Å². The van der Waals surface area contributed by atoms with E-state index in [1.54, 1.807) is 0 Å². The minimum atomic E-state index is -0.230. The lowest BCUT2D eigenvalue weighted by Gasteiger charge is -2.18. The molecule has 0 saturated carbocycles. The van der Waals surface area contributed by atoms with Gasteiger partial charge in [-0.3, -0.25) is 4.79 Å². The number of carbonyl (C=O) groups excluding carboxylic acids is 1. The zero-order chi connectivity index (χ0) is 16.6. The van der Waals surface area contributed by atoms with E-state index in [1.165, 1.54) is 11.1 Å². The van der Waals surface area contributed by atoms with E-state index in [9.17, 15) is 4.79 Å². The van der Waals surface area contributed by atoms with E-state index in [1.807, 2.05) is 0 Å². The summed E-state index contributed by atoms with van der Waals surface area (Å²) in [6, 6.07) is 12.4. The van der Waals surface area contributed by atoms with Gasteiger partial charge in [-0.25, -0.2) is 0 Å². The van der Waals surface area contributed by atoms with Crippen molar-refractivity contribution in [3.63, 3.8) is 0 Å². The molecule has 0 spiro atoms. The normalized spacial score (nSPS) is 17.7.